The second kappa shape index (κ2) is 13.3. The first-order chi connectivity index (χ1) is 21.0. The molecule has 3 heterocycles. The summed E-state index contributed by atoms with van der Waals surface area (Å²) in [7, 11) is -3.86. The third kappa shape index (κ3) is 7.56. The van der Waals surface area contributed by atoms with Crippen molar-refractivity contribution < 1.29 is 40.7 Å². The number of morpholine rings is 1. The van der Waals surface area contributed by atoms with Gasteiger partial charge in [0.05, 0.1) is 28.7 Å². The van der Waals surface area contributed by atoms with Crippen molar-refractivity contribution in [2.45, 2.75) is 16.4 Å². The van der Waals surface area contributed by atoms with E-state index in [0.29, 0.717) is 16.1 Å². The van der Waals surface area contributed by atoms with Crippen LogP contribution in [0.2, 0.25) is 0 Å². The van der Waals surface area contributed by atoms with E-state index >= 15 is 0 Å². The molecule has 1 aliphatic rings. The second-order valence-corrected chi connectivity index (χ2v) is 12.8. The predicted molar refractivity (Wildman–Crippen MR) is 154 cm³/mol. The monoisotopic (exact) mass is 668 g/mol. The summed E-state index contributed by atoms with van der Waals surface area (Å²) in [5, 5.41) is 10.3. The Labute approximate surface area is 257 Å². The summed E-state index contributed by atoms with van der Waals surface area (Å²) < 4.78 is 76.8. The van der Waals surface area contributed by atoms with Crippen LogP contribution < -0.4 is 15.6 Å². The number of carbonyl (C=O) groups excluding carboxylic acids is 2. The van der Waals surface area contributed by atoms with E-state index in [9.17, 15) is 31.2 Å². The Morgan fingerprint density at radius 2 is 1.77 bits per heavy atom. The van der Waals surface area contributed by atoms with Gasteiger partial charge in [0.25, 0.3) is 5.91 Å². The highest BCUT2D eigenvalue weighted by molar-refractivity contribution is 7.99. The lowest BCUT2D eigenvalue weighted by atomic mass is 10.2. The molecule has 0 saturated carbocycles. The summed E-state index contributed by atoms with van der Waals surface area (Å²) in [5.74, 6) is -1.56. The summed E-state index contributed by atoms with van der Waals surface area (Å²) in [5.41, 5.74) is 5.29. The van der Waals surface area contributed by atoms with Gasteiger partial charge in [-0.1, -0.05) is 30.0 Å². The molecule has 0 spiro atoms. The minimum atomic E-state index is -4.89. The number of thioether (sulfide) groups is 1. The fourth-order valence-electron chi connectivity index (χ4n) is 4.07. The van der Waals surface area contributed by atoms with Crippen molar-refractivity contribution in [1.29, 1.82) is 0 Å². The Kier molecular flexibility index (Phi) is 9.54. The summed E-state index contributed by atoms with van der Waals surface area (Å²) in [6, 6.07) is 14.2. The zero-order chi connectivity index (χ0) is 31.3. The van der Waals surface area contributed by atoms with Crippen LogP contribution in [-0.2, 0) is 19.6 Å². The number of hydrogen-bond acceptors (Lipinski definition) is 10. The highest BCUT2D eigenvalue weighted by atomic mass is 32.2. The maximum absolute atomic E-state index is 13.3. The van der Waals surface area contributed by atoms with Crippen molar-refractivity contribution in [2.24, 2.45) is 0 Å². The number of aromatic nitrogens is 3. The van der Waals surface area contributed by atoms with Crippen molar-refractivity contribution in [3.05, 3.63) is 70.9 Å². The molecule has 2 amide bonds. The Morgan fingerprint density at radius 3 is 2.45 bits per heavy atom. The zero-order valence-electron chi connectivity index (χ0n) is 22.5. The van der Waals surface area contributed by atoms with E-state index in [1.54, 1.807) is 29.6 Å². The number of nitrogens with zero attached hydrogens (tertiary/aromatic N) is 4. The van der Waals surface area contributed by atoms with Crippen molar-refractivity contribution in [3.8, 4) is 22.8 Å². The van der Waals surface area contributed by atoms with Gasteiger partial charge >= 0.3 is 6.36 Å². The van der Waals surface area contributed by atoms with Gasteiger partial charge in [0.2, 0.25) is 15.9 Å². The fourth-order valence-corrected chi connectivity index (χ4v) is 6.90. The lowest BCUT2D eigenvalue weighted by Gasteiger charge is -2.26. The van der Waals surface area contributed by atoms with Crippen molar-refractivity contribution in [1.82, 2.24) is 29.9 Å². The molecule has 12 nitrogen and oxygen atoms in total. The molecule has 0 radical (unpaired) electrons. The number of benzene rings is 2. The molecule has 2 aromatic carbocycles. The molecule has 5 rings (SSSR count). The lowest BCUT2D eigenvalue weighted by molar-refractivity contribution is -0.274. The third-order valence-corrected chi connectivity index (χ3v) is 9.75. The number of nitrogens with one attached hydrogen (secondary N) is 2. The third-order valence-electron chi connectivity index (χ3n) is 6.05. The van der Waals surface area contributed by atoms with Gasteiger partial charge in [-0.2, -0.15) is 4.31 Å². The fraction of sp³-hybridized carbons (Fsp3) is 0.231. The van der Waals surface area contributed by atoms with Crippen LogP contribution in [0.5, 0.6) is 5.75 Å². The zero-order valence-corrected chi connectivity index (χ0v) is 24.9. The molecule has 1 fully saturated rings. The highest BCUT2D eigenvalue weighted by Crippen LogP contribution is 2.31. The van der Waals surface area contributed by atoms with Crippen LogP contribution in [0.25, 0.3) is 17.1 Å². The molecule has 44 heavy (non-hydrogen) atoms. The first-order valence-electron chi connectivity index (χ1n) is 12.8. The van der Waals surface area contributed by atoms with Crippen LogP contribution in [0.1, 0.15) is 9.67 Å². The van der Waals surface area contributed by atoms with E-state index in [4.69, 9.17) is 4.74 Å². The smallest absolute Gasteiger partial charge is 0.406 e. The molecule has 1 saturated heterocycles. The molecule has 18 heteroatoms. The van der Waals surface area contributed by atoms with Crippen LogP contribution in [-0.4, -0.2) is 77.7 Å². The first kappa shape index (κ1) is 31.5. The van der Waals surface area contributed by atoms with Crippen LogP contribution in [0.3, 0.4) is 0 Å². The number of hydrazine groups is 1. The number of rotatable bonds is 9. The number of halogens is 3. The van der Waals surface area contributed by atoms with Crippen molar-refractivity contribution in [3.63, 3.8) is 0 Å². The van der Waals surface area contributed by atoms with Crippen LogP contribution in [0.4, 0.5) is 13.2 Å². The van der Waals surface area contributed by atoms with Gasteiger partial charge in [-0.25, -0.2) is 8.42 Å². The number of thiophene rings is 1. The van der Waals surface area contributed by atoms with Gasteiger partial charge in [-0.05, 0) is 47.8 Å². The number of sulfonamides is 1. The largest absolute Gasteiger partial charge is 0.573 e. The average molecular weight is 669 g/mol. The highest BCUT2D eigenvalue weighted by Gasteiger charge is 2.31. The minimum Gasteiger partial charge on any atom is -0.406 e. The van der Waals surface area contributed by atoms with Gasteiger partial charge in [-0.3, -0.25) is 25.0 Å². The van der Waals surface area contributed by atoms with Crippen LogP contribution in [0, 0.1) is 0 Å². The number of amides is 2. The molecule has 2 aromatic heterocycles. The number of carbonyl (C=O) groups is 2. The molecular formula is C26H23F3N6O6S3. The van der Waals surface area contributed by atoms with Gasteiger partial charge < -0.3 is 9.47 Å². The molecule has 0 bridgehead atoms. The van der Waals surface area contributed by atoms with Crippen LogP contribution in [0.15, 0.2) is 76.1 Å². The number of alkyl halides is 3. The van der Waals surface area contributed by atoms with Crippen molar-refractivity contribution in [2.75, 3.05) is 32.1 Å². The van der Waals surface area contributed by atoms with Crippen molar-refractivity contribution >= 4 is 44.9 Å². The first-order valence-corrected chi connectivity index (χ1v) is 16.1. The van der Waals surface area contributed by atoms with E-state index < -0.39 is 33.9 Å². The summed E-state index contributed by atoms with van der Waals surface area (Å²) in [6.07, 6.45) is -4.89. The van der Waals surface area contributed by atoms with Crippen LogP contribution >= 0.6 is 23.1 Å². The van der Waals surface area contributed by atoms with Gasteiger partial charge in [-0.15, -0.1) is 34.7 Å². The molecule has 232 valence electrons. The number of hydrogen-bond donors (Lipinski definition) is 2. The second-order valence-electron chi connectivity index (χ2n) is 9.00. The van der Waals surface area contributed by atoms with E-state index in [-0.39, 0.29) is 47.9 Å². The summed E-state index contributed by atoms with van der Waals surface area (Å²) >= 11 is 2.14. The summed E-state index contributed by atoms with van der Waals surface area (Å²) in [6.45, 7) is 0.942. The SMILES string of the molecule is O=C(CSc1nnc(-c2cccc(S(=O)(=O)N3CCOCC3)c2)n1-c1ccc(OC(F)(F)F)cc1)NNC(=O)c1cccs1. The Hall–Kier alpha value is -3.97. The molecule has 2 N–H and O–H groups in total. The van der Waals surface area contributed by atoms with Gasteiger partial charge in [0.1, 0.15) is 5.75 Å². The predicted octanol–water partition coefficient (Wildman–Crippen LogP) is 3.47. The number of ether oxygens (including phenoxy) is 2. The van der Waals surface area contributed by atoms with E-state index in [2.05, 4.69) is 25.8 Å². The van der Waals surface area contributed by atoms with Gasteiger partial charge in [0, 0.05) is 24.3 Å². The average Bonchev–Trinajstić information content (AvgIpc) is 3.70. The molecular weight excluding hydrogens is 646 g/mol. The molecule has 0 unspecified atom stereocenters. The summed E-state index contributed by atoms with van der Waals surface area (Å²) in [4.78, 5) is 25.0. The van der Waals surface area contributed by atoms with E-state index in [0.717, 1.165) is 23.9 Å². The Balaban J connectivity index is 1.42. The van der Waals surface area contributed by atoms with E-state index in [1.807, 2.05) is 0 Å². The van der Waals surface area contributed by atoms with Gasteiger partial charge in [0.15, 0.2) is 11.0 Å². The molecule has 4 aromatic rings. The lowest BCUT2D eigenvalue weighted by Crippen LogP contribution is -2.42. The topological polar surface area (TPSA) is 145 Å². The molecule has 1 aliphatic heterocycles. The quantitative estimate of drug-likeness (QED) is 0.202. The Bertz CT molecular complexity index is 1720. The molecule has 0 aliphatic carbocycles. The van der Waals surface area contributed by atoms with E-state index in [1.165, 1.54) is 44.5 Å². The maximum atomic E-state index is 13.3. The Morgan fingerprint density at radius 1 is 1.02 bits per heavy atom. The molecule has 0 atom stereocenters. The minimum absolute atomic E-state index is 0.00967. The standard InChI is InChI=1S/C26H23F3N6O6S3/c27-26(28,29)41-19-8-6-18(7-9-19)35-23(17-3-1-4-20(15-17)44(38,39)34-10-12-40-13-11-34)31-33-25(35)43-16-22(36)30-32-24(37)21-5-2-14-42-21/h1-9,14-15H,10-13,16H2,(H,30,36)(H,32,37). The maximum Gasteiger partial charge on any atom is 0.573 e. The normalized spacial score (nSPS) is 14.2.